The number of nitrogens with one attached hydrogen (secondary N) is 1. The summed E-state index contributed by atoms with van der Waals surface area (Å²) >= 11 is 0. The van der Waals surface area contributed by atoms with Gasteiger partial charge in [0.2, 0.25) is 0 Å². The number of likely N-dealkylation sites (tertiary alicyclic amines) is 1. The standard InChI is InChI=1S/C15H30N2O/c1-4-6-16-10-15(5-7-18-12-15)11-17-8-13(2)14(3)9-17/h13-14,16H,4-12H2,1-3H3. The molecule has 2 heterocycles. The van der Waals surface area contributed by atoms with Gasteiger partial charge in [-0.25, -0.2) is 0 Å². The Bertz CT molecular complexity index is 241. The molecule has 3 heteroatoms. The Labute approximate surface area is 112 Å². The monoisotopic (exact) mass is 254 g/mol. The van der Waals surface area contributed by atoms with Gasteiger partial charge in [0.15, 0.2) is 0 Å². The van der Waals surface area contributed by atoms with E-state index in [4.69, 9.17) is 4.74 Å². The van der Waals surface area contributed by atoms with Crippen LogP contribution in [0.4, 0.5) is 0 Å². The van der Waals surface area contributed by atoms with Crippen LogP contribution in [0.2, 0.25) is 0 Å². The summed E-state index contributed by atoms with van der Waals surface area (Å²) in [7, 11) is 0. The lowest BCUT2D eigenvalue weighted by Crippen LogP contribution is -2.44. The molecule has 2 aliphatic heterocycles. The van der Waals surface area contributed by atoms with Crippen molar-refractivity contribution in [1.82, 2.24) is 10.2 Å². The van der Waals surface area contributed by atoms with Gasteiger partial charge < -0.3 is 15.0 Å². The molecule has 0 aromatic heterocycles. The Balaban J connectivity index is 1.86. The molecule has 0 aliphatic carbocycles. The van der Waals surface area contributed by atoms with Crippen LogP contribution < -0.4 is 5.32 Å². The summed E-state index contributed by atoms with van der Waals surface area (Å²) in [5.41, 5.74) is 0.374. The van der Waals surface area contributed by atoms with E-state index in [-0.39, 0.29) is 0 Å². The third kappa shape index (κ3) is 3.46. The molecule has 0 spiro atoms. The van der Waals surface area contributed by atoms with E-state index in [1.807, 2.05) is 0 Å². The lowest BCUT2D eigenvalue weighted by molar-refractivity contribution is 0.116. The first-order chi connectivity index (χ1) is 8.65. The van der Waals surface area contributed by atoms with Crippen LogP contribution in [0.3, 0.4) is 0 Å². The summed E-state index contributed by atoms with van der Waals surface area (Å²) in [5, 5.41) is 3.61. The lowest BCUT2D eigenvalue weighted by Gasteiger charge is -2.32. The van der Waals surface area contributed by atoms with Crippen molar-refractivity contribution in [2.75, 3.05) is 45.9 Å². The molecular weight excluding hydrogens is 224 g/mol. The van der Waals surface area contributed by atoms with Crippen LogP contribution in [0.1, 0.15) is 33.6 Å². The van der Waals surface area contributed by atoms with Crippen LogP contribution in [-0.4, -0.2) is 50.8 Å². The van der Waals surface area contributed by atoms with Crippen LogP contribution in [-0.2, 0) is 4.74 Å². The summed E-state index contributed by atoms with van der Waals surface area (Å²) in [5.74, 6) is 1.71. The molecule has 2 aliphatic rings. The van der Waals surface area contributed by atoms with Gasteiger partial charge in [0.25, 0.3) is 0 Å². The predicted molar refractivity (Wildman–Crippen MR) is 75.8 cm³/mol. The molecule has 2 saturated heterocycles. The van der Waals surface area contributed by atoms with Gasteiger partial charge in [-0.3, -0.25) is 0 Å². The van der Waals surface area contributed by atoms with Crippen molar-refractivity contribution in [3.05, 3.63) is 0 Å². The summed E-state index contributed by atoms with van der Waals surface area (Å²) < 4.78 is 5.69. The predicted octanol–water partition coefficient (Wildman–Crippen LogP) is 1.98. The molecule has 0 aromatic carbocycles. The maximum Gasteiger partial charge on any atom is 0.0547 e. The second-order valence-corrected chi connectivity index (χ2v) is 6.63. The normalized spacial score (nSPS) is 37.5. The summed E-state index contributed by atoms with van der Waals surface area (Å²) in [4.78, 5) is 2.66. The topological polar surface area (TPSA) is 24.5 Å². The highest BCUT2D eigenvalue weighted by Gasteiger charge is 2.38. The molecule has 0 aromatic rings. The minimum Gasteiger partial charge on any atom is -0.381 e. The van der Waals surface area contributed by atoms with E-state index in [0.29, 0.717) is 5.41 Å². The second kappa shape index (κ2) is 6.36. The Morgan fingerprint density at radius 1 is 1.28 bits per heavy atom. The third-order valence-corrected chi connectivity index (χ3v) is 4.73. The fourth-order valence-electron chi connectivity index (χ4n) is 3.35. The van der Waals surface area contributed by atoms with E-state index in [1.165, 1.54) is 32.5 Å². The van der Waals surface area contributed by atoms with Crippen molar-refractivity contribution in [2.24, 2.45) is 17.3 Å². The van der Waals surface area contributed by atoms with Crippen molar-refractivity contribution >= 4 is 0 Å². The van der Waals surface area contributed by atoms with Crippen LogP contribution in [0.5, 0.6) is 0 Å². The fraction of sp³-hybridized carbons (Fsp3) is 1.00. The molecule has 1 N–H and O–H groups in total. The Hall–Kier alpha value is -0.120. The molecule has 0 saturated carbocycles. The zero-order valence-corrected chi connectivity index (χ0v) is 12.4. The molecular formula is C15H30N2O. The number of ether oxygens (including phenoxy) is 1. The summed E-state index contributed by atoms with van der Waals surface area (Å²) in [6.45, 7) is 14.9. The first-order valence-electron chi connectivity index (χ1n) is 7.66. The minimum absolute atomic E-state index is 0.374. The maximum atomic E-state index is 5.69. The average molecular weight is 254 g/mol. The highest BCUT2D eigenvalue weighted by molar-refractivity contribution is 4.91. The molecule has 2 rings (SSSR count). The van der Waals surface area contributed by atoms with Crippen molar-refractivity contribution in [3.8, 4) is 0 Å². The van der Waals surface area contributed by atoms with Gasteiger partial charge in [0.1, 0.15) is 0 Å². The maximum absolute atomic E-state index is 5.69. The largest absolute Gasteiger partial charge is 0.381 e. The quantitative estimate of drug-likeness (QED) is 0.734. The van der Waals surface area contributed by atoms with Gasteiger partial charge in [-0.15, -0.1) is 0 Å². The number of hydrogen-bond acceptors (Lipinski definition) is 3. The molecule has 2 fully saturated rings. The smallest absolute Gasteiger partial charge is 0.0547 e. The van der Waals surface area contributed by atoms with Gasteiger partial charge in [-0.1, -0.05) is 20.8 Å². The molecule has 106 valence electrons. The number of hydrogen-bond donors (Lipinski definition) is 1. The van der Waals surface area contributed by atoms with Crippen molar-refractivity contribution in [1.29, 1.82) is 0 Å². The van der Waals surface area contributed by atoms with Crippen molar-refractivity contribution < 1.29 is 4.74 Å². The zero-order valence-electron chi connectivity index (χ0n) is 12.4. The zero-order chi connectivity index (χ0) is 13.0. The van der Waals surface area contributed by atoms with E-state index in [0.717, 1.165) is 38.1 Å². The first-order valence-corrected chi connectivity index (χ1v) is 7.66. The molecule has 3 nitrogen and oxygen atoms in total. The van der Waals surface area contributed by atoms with Crippen LogP contribution in [0.15, 0.2) is 0 Å². The SMILES string of the molecule is CCCNCC1(CN2CC(C)C(C)C2)CCOC1. The lowest BCUT2D eigenvalue weighted by atomic mass is 9.86. The molecule has 3 atom stereocenters. The summed E-state index contributed by atoms with van der Waals surface area (Å²) in [6.07, 6.45) is 2.44. The Kier molecular flexibility index (Phi) is 5.05. The molecule has 3 unspecified atom stereocenters. The average Bonchev–Trinajstić information content (AvgIpc) is 2.89. The molecule has 0 amide bonds. The number of rotatable bonds is 6. The van der Waals surface area contributed by atoms with Crippen LogP contribution in [0, 0.1) is 17.3 Å². The van der Waals surface area contributed by atoms with Crippen molar-refractivity contribution in [3.63, 3.8) is 0 Å². The van der Waals surface area contributed by atoms with E-state index < -0.39 is 0 Å². The van der Waals surface area contributed by atoms with Gasteiger partial charge in [-0.2, -0.15) is 0 Å². The Morgan fingerprint density at radius 3 is 2.56 bits per heavy atom. The highest BCUT2D eigenvalue weighted by Crippen LogP contribution is 2.32. The van der Waals surface area contributed by atoms with Gasteiger partial charge in [0, 0.05) is 38.2 Å². The van der Waals surface area contributed by atoms with E-state index in [2.05, 4.69) is 31.0 Å². The molecule has 18 heavy (non-hydrogen) atoms. The first kappa shape index (κ1) is 14.3. The minimum atomic E-state index is 0.374. The van der Waals surface area contributed by atoms with Crippen LogP contribution in [0.25, 0.3) is 0 Å². The van der Waals surface area contributed by atoms with Gasteiger partial charge in [0.05, 0.1) is 6.61 Å². The van der Waals surface area contributed by atoms with Gasteiger partial charge in [-0.05, 0) is 31.2 Å². The second-order valence-electron chi connectivity index (χ2n) is 6.63. The van der Waals surface area contributed by atoms with E-state index in [1.54, 1.807) is 0 Å². The van der Waals surface area contributed by atoms with Crippen molar-refractivity contribution in [2.45, 2.75) is 33.6 Å². The van der Waals surface area contributed by atoms with Gasteiger partial charge >= 0.3 is 0 Å². The van der Waals surface area contributed by atoms with E-state index >= 15 is 0 Å². The van der Waals surface area contributed by atoms with E-state index in [9.17, 15) is 0 Å². The molecule has 0 radical (unpaired) electrons. The third-order valence-electron chi connectivity index (χ3n) is 4.73. The Morgan fingerprint density at radius 2 is 2.00 bits per heavy atom. The van der Waals surface area contributed by atoms with Crippen LogP contribution >= 0.6 is 0 Å². The fourth-order valence-corrected chi connectivity index (χ4v) is 3.35. The molecule has 0 bridgehead atoms. The number of nitrogens with zero attached hydrogens (tertiary/aromatic N) is 1. The highest BCUT2D eigenvalue weighted by atomic mass is 16.5. The summed E-state index contributed by atoms with van der Waals surface area (Å²) in [6, 6.07) is 0.